The maximum Gasteiger partial charge on any atom is 0.321 e. The molecule has 0 spiro atoms. The molecule has 4 nitrogen and oxygen atoms in total. The second-order valence-electron chi connectivity index (χ2n) is 2.89. The number of hydrogen-bond acceptors (Lipinski definition) is 3. The van der Waals surface area contributed by atoms with Crippen molar-refractivity contribution in [1.82, 2.24) is 4.90 Å². The van der Waals surface area contributed by atoms with Crippen LogP contribution < -0.4 is 0 Å². The molecule has 1 N–H and O–H groups in total. The molecule has 0 saturated carbocycles. The van der Waals surface area contributed by atoms with E-state index >= 15 is 0 Å². The topological polar surface area (TPSA) is 49.8 Å². The Bertz CT molecular complexity index is 160. The lowest BCUT2D eigenvalue weighted by Gasteiger charge is -2.12. The largest absolute Gasteiger partial charge is 0.480 e. The molecule has 1 unspecified atom stereocenters. The second-order valence-corrected chi connectivity index (χ2v) is 2.89. The van der Waals surface area contributed by atoms with Crippen molar-refractivity contribution in [2.24, 2.45) is 0 Å². The second kappa shape index (κ2) is 3.19. The van der Waals surface area contributed by atoms with E-state index in [2.05, 4.69) is 0 Å². The first-order chi connectivity index (χ1) is 5.15. The fourth-order valence-corrected chi connectivity index (χ4v) is 1.41. The summed E-state index contributed by atoms with van der Waals surface area (Å²) in [4.78, 5) is 12.4. The van der Waals surface area contributed by atoms with E-state index in [0.29, 0.717) is 13.0 Å². The minimum atomic E-state index is -0.757. The number of methoxy groups -OCH3 is 1. The first-order valence-corrected chi connectivity index (χ1v) is 3.61. The van der Waals surface area contributed by atoms with E-state index < -0.39 is 5.97 Å². The first-order valence-electron chi connectivity index (χ1n) is 3.61. The van der Waals surface area contributed by atoms with Crippen LogP contribution in [0, 0.1) is 0 Å². The molecule has 1 fully saturated rings. The number of carboxylic acids is 1. The Hall–Kier alpha value is -0.610. The summed E-state index contributed by atoms with van der Waals surface area (Å²) in [7, 11) is 3.42. The molecule has 1 aliphatic heterocycles. The summed E-state index contributed by atoms with van der Waals surface area (Å²) in [5.74, 6) is -0.757. The molecule has 0 bridgehead atoms. The SMILES string of the molecule is COC1C[C@@H](C(=O)O)N(C)C1. The molecule has 1 heterocycles. The summed E-state index contributed by atoms with van der Waals surface area (Å²) in [6.45, 7) is 0.716. The number of likely N-dealkylation sites (tertiary alicyclic amines) is 1. The third kappa shape index (κ3) is 1.70. The van der Waals surface area contributed by atoms with Gasteiger partial charge in [0.2, 0.25) is 0 Å². The van der Waals surface area contributed by atoms with Crippen LogP contribution in [0.15, 0.2) is 0 Å². The highest BCUT2D eigenvalue weighted by molar-refractivity contribution is 5.73. The van der Waals surface area contributed by atoms with E-state index in [1.54, 1.807) is 19.1 Å². The predicted octanol–water partition coefficient (Wildman–Crippen LogP) is -0.210. The maximum absolute atomic E-state index is 10.6. The van der Waals surface area contributed by atoms with Gasteiger partial charge >= 0.3 is 5.97 Å². The number of nitrogens with zero attached hydrogens (tertiary/aromatic N) is 1. The van der Waals surface area contributed by atoms with Gasteiger partial charge in [0.05, 0.1) is 6.10 Å². The van der Waals surface area contributed by atoms with E-state index in [1.165, 1.54) is 0 Å². The van der Waals surface area contributed by atoms with E-state index in [1.807, 2.05) is 0 Å². The Morgan fingerprint density at radius 1 is 1.73 bits per heavy atom. The maximum atomic E-state index is 10.6. The summed E-state index contributed by atoms with van der Waals surface area (Å²) in [5.41, 5.74) is 0. The molecule has 2 atom stereocenters. The van der Waals surface area contributed by atoms with Crippen molar-refractivity contribution >= 4 is 5.97 Å². The van der Waals surface area contributed by atoms with Crippen molar-refractivity contribution in [3.63, 3.8) is 0 Å². The third-order valence-electron chi connectivity index (χ3n) is 2.13. The van der Waals surface area contributed by atoms with Crippen molar-refractivity contribution in [1.29, 1.82) is 0 Å². The average molecular weight is 159 g/mol. The van der Waals surface area contributed by atoms with Gasteiger partial charge in [-0.3, -0.25) is 9.69 Å². The molecule has 0 aromatic carbocycles. The van der Waals surface area contributed by atoms with Crippen molar-refractivity contribution in [3.05, 3.63) is 0 Å². The molecular formula is C7H13NO3. The molecule has 1 saturated heterocycles. The average Bonchev–Trinajstić information content (AvgIpc) is 2.30. The van der Waals surface area contributed by atoms with Gasteiger partial charge in [-0.25, -0.2) is 0 Å². The Morgan fingerprint density at radius 3 is 2.64 bits per heavy atom. The lowest BCUT2D eigenvalue weighted by atomic mass is 10.2. The summed E-state index contributed by atoms with van der Waals surface area (Å²) >= 11 is 0. The van der Waals surface area contributed by atoms with Crippen LogP contribution in [-0.4, -0.2) is 48.8 Å². The van der Waals surface area contributed by atoms with E-state index in [-0.39, 0.29) is 12.1 Å². The fourth-order valence-electron chi connectivity index (χ4n) is 1.41. The van der Waals surface area contributed by atoms with Gasteiger partial charge in [-0.05, 0) is 7.05 Å². The summed E-state index contributed by atoms with van der Waals surface area (Å²) < 4.78 is 5.06. The van der Waals surface area contributed by atoms with Gasteiger partial charge in [0.15, 0.2) is 0 Å². The summed E-state index contributed by atoms with van der Waals surface area (Å²) in [5, 5.41) is 8.70. The molecule has 0 aromatic heterocycles. The third-order valence-corrected chi connectivity index (χ3v) is 2.13. The van der Waals surface area contributed by atoms with Crippen molar-refractivity contribution < 1.29 is 14.6 Å². The zero-order valence-electron chi connectivity index (χ0n) is 6.78. The number of aliphatic carboxylic acids is 1. The zero-order chi connectivity index (χ0) is 8.43. The van der Waals surface area contributed by atoms with Gasteiger partial charge in [-0.2, -0.15) is 0 Å². The highest BCUT2D eigenvalue weighted by Crippen LogP contribution is 2.17. The van der Waals surface area contributed by atoms with Gasteiger partial charge in [0, 0.05) is 20.1 Å². The molecule has 4 heteroatoms. The molecule has 0 radical (unpaired) electrons. The van der Waals surface area contributed by atoms with Gasteiger partial charge in [-0.1, -0.05) is 0 Å². The summed E-state index contributed by atoms with van der Waals surface area (Å²) in [6.07, 6.45) is 0.684. The number of carboxylic acid groups (broad SMARTS) is 1. The van der Waals surface area contributed by atoms with Crippen molar-refractivity contribution in [2.45, 2.75) is 18.6 Å². The minimum Gasteiger partial charge on any atom is -0.480 e. The van der Waals surface area contributed by atoms with Crippen LogP contribution in [0.3, 0.4) is 0 Å². The first kappa shape index (κ1) is 8.49. The zero-order valence-corrected chi connectivity index (χ0v) is 6.78. The Balaban J connectivity index is 2.51. The normalized spacial score (nSPS) is 32.5. The van der Waals surface area contributed by atoms with Crippen LogP contribution in [0.4, 0.5) is 0 Å². The Morgan fingerprint density at radius 2 is 2.36 bits per heavy atom. The molecule has 1 rings (SSSR count). The molecule has 64 valence electrons. The van der Waals surface area contributed by atoms with Gasteiger partial charge in [0.1, 0.15) is 6.04 Å². The van der Waals surface area contributed by atoms with Crippen molar-refractivity contribution in [2.75, 3.05) is 20.7 Å². The standard InChI is InChI=1S/C7H13NO3/c1-8-4-5(11-2)3-6(8)7(9)10/h5-6H,3-4H2,1-2H3,(H,9,10)/t5?,6-/m0/s1. The lowest BCUT2D eigenvalue weighted by molar-refractivity contribution is -0.141. The van der Waals surface area contributed by atoms with Crippen LogP contribution in [0.25, 0.3) is 0 Å². The number of hydrogen-bond donors (Lipinski definition) is 1. The van der Waals surface area contributed by atoms with Crippen LogP contribution in [0.5, 0.6) is 0 Å². The van der Waals surface area contributed by atoms with Crippen LogP contribution in [0.2, 0.25) is 0 Å². The molecule has 0 aliphatic carbocycles. The molecule has 11 heavy (non-hydrogen) atoms. The monoisotopic (exact) mass is 159 g/mol. The van der Waals surface area contributed by atoms with E-state index in [0.717, 1.165) is 0 Å². The number of likely N-dealkylation sites (N-methyl/N-ethyl adjacent to an activating group) is 1. The van der Waals surface area contributed by atoms with Gasteiger partial charge in [0.25, 0.3) is 0 Å². The fraction of sp³-hybridized carbons (Fsp3) is 0.857. The number of rotatable bonds is 2. The minimum absolute atomic E-state index is 0.0844. The van der Waals surface area contributed by atoms with E-state index in [4.69, 9.17) is 9.84 Å². The van der Waals surface area contributed by atoms with Gasteiger partial charge < -0.3 is 9.84 Å². The van der Waals surface area contributed by atoms with Crippen LogP contribution in [0.1, 0.15) is 6.42 Å². The number of carbonyl (C=O) groups is 1. The van der Waals surface area contributed by atoms with Crippen molar-refractivity contribution in [3.8, 4) is 0 Å². The summed E-state index contributed by atoms with van der Waals surface area (Å²) in [6, 6.07) is -0.361. The smallest absolute Gasteiger partial charge is 0.321 e. The molecule has 0 amide bonds. The van der Waals surface area contributed by atoms with E-state index in [9.17, 15) is 4.79 Å². The predicted molar refractivity (Wildman–Crippen MR) is 39.5 cm³/mol. The highest BCUT2D eigenvalue weighted by atomic mass is 16.5. The lowest BCUT2D eigenvalue weighted by Crippen LogP contribution is -2.32. The Kier molecular flexibility index (Phi) is 2.46. The quantitative estimate of drug-likeness (QED) is 0.605. The Labute approximate surface area is 65.8 Å². The van der Waals surface area contributed by atoms with Crippen LogP contribution in [-0.2, 0) is 9.53 Å². The molecular weight excluding hydrogens is 146 g/mol. The van der Waals surface area contributed by atoms with Gasteiger partial charge in [-0.15, -0.1) is 0 Å². The highest BCUT2D eigenvalue weighted by Gasteiger charge is 2.34. The molecule has 0 aromatic rings. The number of ether oxygens (including phenoxy) is 1. The van der Waals surface area contributed by atoms with Crippen LogP contribution >= 0.6 is 0 Å². The molecule has 1 aliphatic rings.